The zero-order valence-corrected chi connectivity index (χ0v) is 9.62. The largest absolute Gasteiger partial charge is 0.363 e. The Morgan fingerprint density at radius 1 is 1.40 bits per heavy atom. The van der Waals surface area contributed by atoms with Crippen molar-refractivity contribution < 1.29 is 0 Å². The summed E-state index contributed by atoms with van der Waals surface area (Å²) in [4.78, 5) is 11.2. The van der Waals surface area contributed by atoms with Crippen molar-refractivity contribution in [2.24, 2.45) is 0 Å². The van der Waals surface area contributed by atoms with E-state index in [-0.39, 0.29) is 0 Å². The first-order chi connectivity index (χ1) is 7.20. The number of nitrogens with zero attached hydrogens (tertiary/aromatic N) is 3. The van der Waals surface area contributed by atoms with E-state index in [0.29, 0.717) is 5.92 Å². The number of anilines is 1. The molecule has 0 bridgehead atoms. The molecular weight excluding hydrogens is 188 g/mol. The summed E-state index contributed by atoms with van der Waals surface area (Å²) in [6, 6.07) is 2.04. The van der Waals surface area contributed by atoms with Crippen molar-refractivity contribution in [3.8, 4) is 0 Å². The molecule has 1 aromatic rings. The fraction of sp³-hybridized carbons (Fsp3) is 0.636. The third-order valence-electron chi connectivity index (χ3n) is 2.54. The molecule has 1 aromatic heterocycles. The Hall–Kier alpha value is -1.16. The Morgan fingerprint density at radius 3 is 2.67 bits per heavy atom. The van der Waals surface area contributed by atoms with Crippen LogP contribution in [0.5, 0.6) is 0 Å². The predicted molar refractivity (Wildman–Crippen MR) is 61.1 cm³/mol. The van der Waals surface area contributed by atoms with Gasteiger partial charge in [0.05, 0.1) is 5.69 Å². The summed E-state index contributed by atoms with van der Waals surface area (Å²) in [5.41, 5.74) is 1.08. The van der Waals surface area contributed by atoms with Crippen molar-refractivity contribution >= 4 is 5.82 Å². The summed E-state index contributed by atoms with van der Waals surface area (Å²) in [6.07, 6.45) is 2.49. The van der Waals surface area contributed by atoms with Crippen LogP contribution in [0.25, 0.3) is 0 Å². The van der Waals surface area contributed by atoms with E-state index in [4.69, 9.17) is 0 Å². The first-order valence-electron chi connectivity index (χ1n) is 5.40. The van der Waals surface area contributed by atoms with Gasteiger partial charge in [-0.25, -0.2) is 9.97 Å². The monoisotopic (exact) mass is 206 g/mol. The average Bonchev–Trinajstić information content (AvgIpc) is 3.01. The molecule has 1 aliphatic rings. The van der Waals surface area contributed by atoms with Gasteiger partial charge in [0.15, 0.2) is 0 Å². The lowest BCUT2D eigenvalue weighted by Gasteiger charge is -2.13. The normalized spacial score (nSPS) is 15.4. The molecule has 0 radical (unpaired) electrons. The van der Waals surface area contributed by atoms with E-state index in [1.165, 1.54) is 12.8 Å². The second-order valence-corrected chi connectivity index (χ2v) is 4.27. The second-order valence-electron chi connectivity index (χ2n) is 4.27. The molecule has 15 heavy (non-hydrogen) atoms. The third-order valence-corrected chi connectivity index (χ3v) is 2.54. The molecule has 0 spiro atoms. The van der Waals surface area contributed by atoms with Crippen LogP contribution in [0.3, 0.4) is 0 Å². The van der Waals surface area contributed by atoms with Gasteiger partial charge in [0.2, 0.25) is 0 Å². The Labute approximate surface area is 90.7 Å². The van der Waals surface area contributed by atoms with Gasteiger partial charge in [0, 0.05) is 32.6 Å². The minimum Gasteiger partial charge on any atom is -0.363 e. The zero-order chi connectivity index (χ0) is 10.8. The van der Waals surface area contributed by atoms with E-state index >= 15 is 0 Å². The molecule has 82 valence electrons. The van der Waals surface area contributed by atoms with Crippen LogP contribution >= 0.6 is 0 Å². The Kier molecular flexibility index (Phi) is 2.86. The molecule has 0 saturated heterocycles. The molecule has 1 N–H and O–H groups in total. The molecule has 4 nitrogen and oxygen atoms in total. The maximum absolute atomic E-state index is 4.57. The fourth-order valence-electron chi connectivity index (χ4n) is 1.53. The standard InChI is InChI=1S/C11H18N4/c1-12-7-9-6-10(15(2)3)14-11(13-9)8-4-5-8/h6,8,12H,4-5,7H2,1-3H3. The van der Waals surface area contributed by atoms with Crippen LogP contribution in [0, 0.1) is 0 Å². The zero-order valence-electron chi connectivity index (χ0n) is 9.62. The van der Waals surface area contributed by atoms with Gasteiger partial charge in [0.1, 0.15) is 11.6 Å². The third kappa shape index (κ3) is 2.45. The summed E-state index contributed by atoms with van der Waals surface area (Å²) >= 11 is 0. The van der Waals surface area contributed by atoms with E-state index in [2.05, 4.69) is 15.3 Å². The molecule has 4 heteroatoms. The van der Waals surface area contributed by atoms with Crippen LogP contribution in [0.15, 0.2) is 6.07 Å². The molecule has 2 rings (SSSR count). The van der Waals surface area contributed by atoms with Crippen LogP contribution in [0.1, 0.15) is 30.3 Å². The number of nitrogens with one attached hydrogen (secondary N) is 1. The van der Waals surface area contributed by atoms with Crippen LogP contribution in [-0.2, 0) is 6.54 Å². The van der Waals surface area contributed by atoms with Crippen molar-refractivity contribution in [3.63, 3.8) is 0 Å². The Balaban J connectivity index is 2.30. The second kappa shape index (κ2) is 4.14. The van der Waals surface area contributed by atoms with Gasteiger partial charge in [0.25, 0.3) is 0 Å². The molecule has 1 fully saturated rings. The first kappa shape index (κ1) is 10.4. The van der Waals surface area contributed by atoms with E-state index in [0.717, 1.165) is 23.9 Å². The number of hydrogen-bond donors (Lipinski definition) is 1. The molecule has 0 aliphatic heterocycles. The molecule has 1 saturated carbocycles. The van der Waals surface area contributed by atoms with Gasteiger partial charge in [-0.2, -0.15) is 0 Å². The van der Waals surface area contributed by atoms with Crippen LogP contribution in [-0.4, -0.2) is 31.1 Å². The first-order valence-corrected chi connectivity index (χ1v) is 5.40. The number of hydrogen-bond acceptors (Lipinski definition) is 4. The molecule has 1 heterocycles. The smallest absolute Gasteiger partial charge is 0.134 e. The van der Waals surface area contributed by atoms with Crippen LogP contribution in [0.4, 0.5) is 5.82 Å². The molecule has 0 aromatic carbocycles. The summed E-state index contributed by atoms with van der Waals surface area (Å²) in [7, 11) is 5.97. The molecule has 0 unspecified atom stereocenters. The van der Waals surface area contributed by atoms with Crippen LogP contribution < -0.4 is 10.2 Å². The maximum Gasteiger partial charge on any atom is 0.134 e. The average molecular weight is 206 g/mol. The van der Waals surface area contributed by atoms with Gasteiger partial charge >= 0.3 is 0 Å². The van der Waals surface area contributed by atoms with E-state index in [1.807, 2.05) is 32.1 Å². The topological polar surface area (TPSA) is 41.0 Å². The highest BCUT2D eigenvalue weighted by molar-refractivity contribution is 5.38. The Bertz CT molecular complexity index is 324. The van der Waals surface area contributed by atoms with Crippen molar-refractivity contribution in [2.75, 3.05) is 26.0 Å². The maximum atomic E-state index is 4.57. The van der Waals surface area contributed by atoms with E-state index in [9.17, 15) is 0 Å². The minimum atomic E-state index is 0.612. The van der Waals surface area contributed by atoms with Gasteiger partial charge in [-0.1, -0.05) is 0 Å². The van der Waals surface area contributed by atoms with Crippen molar-refractivity contribution in [3.05, 3.63) is 17.6 Å². The van der Waals surface area contributed by atoms with Gasteiger partial charge in [-0.05, 0) is 19.9 Å². The highest BCUT2D eigenvalue weighted by atomic mass is 15.2. The van der Waals surface area contributed by atoms with E-state index < -0.39 is 0 Å². The van der Waals surface area contributed by atoms with E-state index in [1.54, 1.807) is 0 Å². The molecular formula is C11H18N4. The van der Waals surface area contributed by atoms with Crippen LogP contribution in [0.2, 0.25) is 0 Å². The fourth-order valence-corrected chi connectivity index (χ4v) is 1.53. The van der Waals surface area contributed by atoms with Crippen molar-refractivity contribution in [1.29, 1.82) is 0 Å². The lowest BCUT2D eigenvalue weighted by Crippen LogP contribution is -2.15. The molecule has 0 atom stereocenters. The highest BCUT2D eigenvalue weighted by Gasteiger charge is 2.27. The van der Waals surface area contributed by atoms with Crippen molar-refractivity contribution in [1.82, 2.24) is 15.3 Å². The summed E-state index contributed by atoms with van der Waals surface area (Å²) in [5, 5.41) is 3.13. The van der Waals surface area contributed by atoms with Crippen molar-refractivity contribution in [2.45, 2.75) is 25.3 Å². The van der Waals surface area contributed by atoms with Gasteiger partial charge in [-0.15, -0.1) is 0 Å². The molecule has 1 aliphatic carbocycles. The summed E-state index contributed by atoms with van der Waals surface area (Å²) in [6.45, 7) is 0.809. The molecule has 0 amide bonds. The summed E-state index contributed by atoms with van der Waals surface area (Å²) in [5.74, 6) is 2.64. The minimum absolute atomic E-state index is 0.612. The summed E-state index contributed by atoms with van der Waals surface area (Å²) < 4.78 is 0. The number of rotatable bonds is 4. The highest BCUT2D eigenvalue weighted by Crippen LogP contribution is 2.38. The van der Waals surface area contributed by atoms with Gasteiger partial charge < -0.3 is 10.2 Å². The lowest BCUT2D eigenvalue weighted by atomic mass is 10.3. The lowest BCUT2D eigenvalue weighted by molar-refractivity contribution is 0.764. The Morgan fingerprint density at radius 2 is 2.13 bits per heavy atom. The van der Waals surface area contributed by atoms with Gasteiger partial charge in [-0.3, -0.25) is 0 Å². The number of aromatic nitrogens is 2. The quantitative estimate of drug-likeness (QED) is 0.802. The predicted octanol–water partition coefficient (Wildman–Crippen LogP) is 1.14. The SMILES string of the molecule is CNCc1cc(N(C)C)nc(C2CC2)n1.